The largest absolute Gasteiger partial charge is 0.469 e. The highest BCUT2D eigenvalue weighted by Crippen LogP contribution is 2.48. The Labute approximate surface area is 120 Å². The standard InChI is InChI=1S/C15H25NO4/c1-3-20-8-4-5-12(17)16-14-11-7-6-10(9-11)13(14)15(18)19-2/h10-11,13-14H,3-9H2,1-2H3,(H,16,17)/t10-,11-,13-,14-/m0/s1. The molecule has 2 fully saturated rings. The molecular weight excluding hydrogens is 258 g/mol. The highest BCUT2D eigenvalue weighted by molar-refractivity contribution is 5.79. The molecule has 2 bridgehead atoms. The van der Waals surface area contributed by atoms with Gasteiger partial charge in [-0.3, -0.25) is 9.59 Å². The van der Waals surface area contributed by atoms with Crippen LogP contribution in [-0.2, 0) is 19.1 Å². The third-order valence-corrected chi connectivity index (χ3v) is 4.61. The molecule has 2 rings (SSSR count). The van der Waals surface area contributed by atoms with E-state index >= 15 is 0 Å². The van der Waals surface area contributed by atoms with Crippen LogP contribution in [0.1, 0.15) is 39.0 Å². The molecule has 0 unspecified atom stereocenters. The van der Waals surface area contributed by atoms with Gasteiger partial charge in [-0.1, -0.05) is 0 Å². The number of nitrogens with one attached hydrogen (secondary N) is 1. The van der Waals surface area contributed by atoms with Gasteiger partial charge in [-0.05, 0) is 44.4 Å². The Morgan fingerprint density at radius 1 is 1.25 bits per heavy atom. The normalized spacial score (nSPS) is 31.3. The fraction of sp³-hybridized carbons (Fsp3) is 0.867. The van der Waals surface area contributed by atoms with E-state index in [4.69, 9.17) is 9.47 Å². The highest BCUT2D eigenvalue weighted by Gasteiger charge is 2.51. The van der Waals surface area contributed by atoms with E-state index in [1.165, 1.54) is 7.11 Å². The first-order valence-corrected chi connectivity index (χ1v) is 7.62. The summed E-state index contributed by atoms with van der Waals surface area (Å²) in [7, 11) is 1.43. The van der Waals surface area contributed by atoms with Crippen molar-refractivity contribution >= 4 is 11.9 Å². The summed E-state index contributed by atoms with van der Waals surface area (Å²) in [4.78, 5) is 23.9. The molecule has 20 heavy (non-hydrogen) atoms. The Balaban J connectivity index is 1.84. The SMILES string of the molecule is CCOCCCC(=O)N[C@H]1[C@H]2CC[C@@H](C2)[C@@H]1C(=O)OC. The molecule has 0 aromatic heterocycles. The van der Waals surface area contributed by atoms with E-state index in [1.807, 2.05) is 6.92 Å². The molecule has 5 nitrogen and oxygen atoms in total. The van der Waals surface area contributed by atoms with Gasteiger partial charge in [0.25, 0.3) is 0 Å². The van der Waals surface area contributed by atoms with E-state index in [0.29, 0.717) is 31.5 Å². The first-order chi connectivity index (χ1) is 9.67. The van der Waals surface area contributed by atoms with Crippen LogP contribution in [-0.4, -0.2) is 38.2 Å². The number of methoxy groups -OCH3 is 1. The van der Waals surface area contributed by atoms with Crippen LogP contribution in [0.3, 0.4) is 0 Å². The molecular formula is C15H25NO4. The number of hydrogen-bond acceptors (Lipinski definition) is 4. The van der Waals surface area contributed by atoms with Crippen LogP contribution in [0.2, 0.25) is 0 Å². The lowest BCUT2D eigenvalue weighted by Crippen LogP contribution is -2.47. The summed E-state index contributed by atoms with van der Waals surface area (Å²) >= 11 is 0. The van der Waals surface area contributed by atoms with Gasteiger partial charge in [-0.15, -0.1) is 0 Å². The number of fused-ring (bicyclic) bond motifs is 2. The van der Waals surface area contributed by atoms with Crippen molar-refractivity contribution in [2.24, 2.45) is 17.8 Å². The summed E-state index contributed by atoms with van der Waals surface area (Å²) in [6, 6.07) is -0.0270. The summed E-state index contributed by atoms with van der Waals surface area (Å²) < 4.78 is 10.1. The van der Waals surface area contributed by atoms with Crippen molar-refractivity contribution in [2.75, 3.05) is 20.3 Å². The number of amides is 1. The smallest absolute Gasteiger partial charge is 0.311 e. The first kappa shape index (κ1) is 15.3. The fourth-order valence-electron chi connectivity index (χ4n) is 3.71. The van der Waals surface area contributed by atoms with Gasteiger partial charge in [-0.25, -0.2) is 0 Å². The van der Waals surface area contributed by atoms with Gasteiger partial charge in [-0.2, -0.15) is 0 Å². The average molecular weight is 283 g/mol. The maximum Gasteiger partial charge on any atom is 0.311 e. The summed E-state index contributed by atoms with van der Waals surface area (Å²) in [6.07, 6.45) is 4.43. The first-order valence-electron chi connectivity index (χ1n) is 7.62. The van der Waals surface area contributed by atoms with E-state index < -0.39 is 0 Å². The second-order valence-electron chi connectivity index (χ2n) is 5.78. The monoisotopic (exact) mass is 283 g/mol. The minimum atomic E-state index is -0.170. The molecule has 1 N–H and O–H groups in total. The lowest BCUT2D eigenvalue weighted by molar-refractivity contribution is -0.148. The molecule has 0 aliphatic heterocycles. The molecule has 4 atom stereocenters. The molecule has 0 aromatic carbocycles. The summed E-state index contributed by atoms with van der Waals surface area (Å²) in [5.74, 6) is 0.545. The lowest BCUT2D eigenvalue weighted by Gasteiger charge is -2.29. The van der Waals surface area contributed by atoms with Gasteiger partial charge in [0, 0.05) is 25.7 Å². The minimum Gasteiger partial charge on any atom is -0.469 e. The zero-order valence-electron chi connectivity index (χ0n) is 12.4. The van der Waals surface area contributed by atoms with E-state index in [0.717, 1.165) is 25.7 Å². The van der Waals surface area contributed by atoms with E-state index in [9.17, 15) is 9.59 Å². The Hall–Kier alpha value is -1.10. The van der Waals surface area contributed by atoms with Crippen LogP contribution in [0.4, 0.5) is 0 Å². The molecule has 114 valence electrons. The third kappa shape index (κ3) is 3.32. The Kier molecular flexibility index (Phi) is 5.40. The van der Waals surface area contributed by atoms with Gasteiger partial charge >= 0.3 is 5.97 Å². The molecule has 2 saturated carbocycles. The van der Waals surface area contributed by atoms with E-state index in [1.54, 1.807) is 0 Å². The van der Waals surface area contributed by atoms with Crippen molar-refractivity contribution in [1.82, 2.24) is 5.32 Å². The van der Waals surface area contributed by atoms with Crippen molar-refractivity contribution in [2.45, 2.75) is 45.1 Å². The maximum atomic E-state index is 12.0. The van der Waals surface area contributed by atoms with Crippen molar-refractivity contribution in [3.05, 3.63) is 0 Å². The summed E-state index contributed by atoms with van der Waals surface area (Å²) in [6.45, 7) is 3.23. The van der Waals surface area contributed by atoms with Crippen LogP contribution in [0.5, 0.6) is 0 Å². The van der Waals surface area contributed by atoms with Crippen LogP contribution < -0.4 is 5.32 Å². The second kappa shape index (κ2) is 7.07. The predicted molar refractivity (Wildman–Crippen MR) is 74.0 cm³/mol. The minimum absolute atomic E-state index is 0.0242. The fourth-order valence-corrected chi connectivity index (χ4v) is 3.71. The molecule has 0 saturated heterocycles. The van der Waals surface area contributed by atoms with Crippen molar-refractivity contribution in [3.63, 3.8) is 0 Å². The van der Waals surface area contributed by atoms with Gasteiger partial charge < -0.3 is 14.8 Å². The van der Waals surface area contributed by atoms with Crippen LogP contribution >= 0.6 is 0 Å². The molecule has 1 amide bonds. The quantitative estimate of drug-likeness (QED) is 0.568. The average Bonchev–Trinajstić information content (AvgIpc) is 3.04. The lowest BCUT2D eigenvalue weighted by atomic mass is 9.84. The topological polar surface area (TPSA) is 64.6 Å². The van der Waals surface area contributed by atoms with Crippen LogP contribution in [0.25, 0.3) is 0 Å². The number of carbonyl (C=O) groups is 2. The molecule has 0 spiro atoms. The van der Waals surface area contributed by atoms with E-state index in [2.05, 4.69) is 5.32 Å². The number of hydrogen-bond donors (Lipinski definition) is 1. The van der Waals surface area contributed by atoms with Crippen molar-refractivity contribution in [3.8, 4) is 0 Å². The van der Waals surface area contributed by atoms with Crippen LogP contribution in [0.15, 0.2) is 0 Å². The van der Waals surface area contributed by atoms with Crippen molar-refractivity contribution in [1.29, 1.82) is 0 Å². The van der Waals surface area contributed by atoms with Gasteiger partial charge in [0.2, 0.25) is 5.91 Å². The number of carbonyl (C=O) groups excluding carboxylic acids is 2. The summed E-state index contributed by atoms with van der Waals surface area (Å²) in [5.41, 5.74) is 0. The molecule has 5 heteroatoms. The zero-order valence-corrected chi connectivity index (χ0v) is 12.4. The van der Waals surface area contributed by atoms with Gasteiger partial charge in [0.05, 0.1) is 13.0 Å². The molecule has 2 aliphatic carbocycles. The molecule has 0 radical (unpaired) electrons. The Morgan fingerprint density at radius 3 is 2.70 bits per heavy atom. The second-order valence-corrected chi connectivity index (χ2v) is 5.78. The number of esters is 1. The predicted octanol–water partition coefficient (Wildman–Crippen LogP) is 1.51. The van der Waals surface area contributed by atoms with Crippen molar-refractivity contribution < 1.29 is 19.1 Å². The number of ether oxygens (including phenoxy) is 2. The third-order valence-electron chi connectivity index (χ3n) is 4.61. The van der Waals surface area contributed by atoms with Gasteiger partial charge in [0.15, 0.2) is 0 Å². The van der Waals surface area contributed by atoms with E-state index in [-0.39, 0.29) is 23.8 Å². The van der Waals surface area contributed by atoms with Crippen LogP contribution in [0, 0.1) is 17.8 Å². The molecule has 0 heterocycles. The Morgan fingerprint density at radius 2 is 2.00 bits per heavy atom. The van der Waals surface area contributed by atoms with Gasteiger partial charge in [0.1, 0.15) is 0 Å². The maximum absolute atomic E-state index is 12.0. The zero-order chi connectivity index (χ0) is 14.5. The summed E-state index contributed by atoms with van der Waals surface area (Å²) in [5, 5.41) is 3.06. The molecule has 0 aromatic rings. The Bertz CT molecular complexity index is 358. The molecule has 2 aliphatic rings. The highest BCUT2D eigenvalue weighted by atomic mass is 16.5. The number of rotatable bonds is 7.